The van der Waals surface area contributed by atoms with Gasteiger partial charge in [-0.1, -0.05) is 18.2 Å². The molecule has 1 N–H and O–H groups in total. The lowest BCUT2D eigenvalue weighted by Gasteiger charge is -2.11. The van der Waals surface area contributed by atoms with E-state index in [9.17, 15) is 9.59 Å². The van der Waals surface area contributed by atoms with Crippen molar-refractivity contribution in [2.45, 2.75) is 13.5 Å². The van der Waals surface area contributed by atoms with Crippen molar-refractivity contribution in [3.8, 4) is 17.6 Å². The van der Waals surface area contributed by atoms with E-state index < -0.39 is 5.97 Å². The molecule has 0 aliphatic rings. The van der Waals surface area contributed by atoms with E-state index in [0.717, 1.165) is 5.56 Å². The van der Waals surface area contributed by atoms with Gasteiger partial charge < -0.3 is 14.8 Å². The van der Waals surface area contributed by atoms with Crippen LogP contribution in [0.3, 0.4) is 0 Å². The Morgan fingerprint density at radius 1 is 1.10 bits per heavy atom. The molecule has 0 unspecified atom stereocenters. The minimum Gasteiger partial charge on any atom is -0.490 e. The topological polar surface area (TPSA) is 88.4 Å². The summed E-state index contributed by atoms with van der Waals surface area (Å²) in [4.78, 5) is 25.1. The van der Waals surface area contributed by atoms with Gasteiger partial charge in [0.15, 0.2) is 11.5 Å². The molecule has 3 aromatic rings. The van der Waals surface area contributed by atoms with Crippen molar-refractivity contribution in [3.63, 3.8) is 0 Å². The van der Waals surface area contributed by atoms with Crippen molar-refractivity contribution in [2.75, 3.05) is 6.61 Å². The van der Waals surface area contributed by atoms with Crippen LogP contribution in [0.25, 0.3) is 0 Å². The van der Waals surface area contributed by atoms with E-state index in [2.05, 4.69) is 5.32 Å². The molecule has 2 aromatic carbocycles. The number of esters is 1. The van der Waals surface area contributed by atoms with Crippen molar-refractivity contribution in [3.05, 3.63) is 81.5 Å². The van der Waals surface area contributed by atoms with Crippen LogP contribution in [0.4, 0.5) is 0 Å². The highest BCUT2D eigenvalue weighted by Crippen LogP contribution is 2.29. The molecule has 0 saturated heterocycles. The minimum atomic E-state index is -0.537. The number of nitrogens with zero attached hydrogens (tertiary/aromatic N) is 1. The molecule has 0 radical (unpaired) electrons. The zero-order valence-electron chi connectivity index (χ0n) is 15.7. The second-order valence-electron chi connectivity index (χ2n) is 5.95. The largest absolute Gasteiger partial charge is 0.490 e. The summed E-state index contributed by atoms with van der Waals surface area (Å²) in [7, 11) is 0. The lowest BCUT2D eigenvalue weighted by molar-refractivity contribution is 0.0728. The van der Waals surface area contributed by atoms with Gasteiger partial charge in [0.25, 0.3) is 5.91 Å². The van der Waals surface area contributed by atoms with E-state index in [1.807, 2.05) is 17.5 Å². The summed E-state index contributed by atoms with van der Waals surface area (Å²) in [6, 6.07) is 17.0. The van der Waals surface area contributed by atoms with Gasteiger partial charge >= 0.3 is 5.97 Å². The van der Waals surface area contributed by atoms with Crippen LogP contribution in [0, 0.1) is 11.3 Å². The van der Waals surface area contributed by atoms with Gasteiger partial charge in [-0.05, 0) is 48.2 Å². The maximum atomic E-state index is 12.4. The summed E-state index contributed by atoms with van der Waals surface area (Å²) in [5.41, 5.74) is 1.65. The third kappa shape index (κ3) is 5.21. The van der Waals surface area contributed by atoms with Gasteiger partial charge in [0.05, 0.1) is 28.7 Å². The second kappa shape index (κ2) is 9.53. The lowest BCUT2D eigenvalue weighted by atomic mass is 10.1. The SMILES string of the molecule is CCOc1cc(C#N)ccc1OC(=O)c1ccc(CNC(=O)c2cccs2)cc1. The van der Waals surface area contributed by atoms with Gasteiger partial charge in [-0.2, -0.15) is 5.26 Å². The van der Waals surface area contributed by atoms with E-state index in [4.69, 9.17) is 14.7 Å². The minimum absolute atomic E-state index is 0.132. The fourth-order valence-electron chi connectivity index (χ4n) is 2.52. The lowest BCUT2D eigenvalue weighted by Crippen LogP contribution is -2.21. The van der Waals surface area contributed by atoms with Crippen LogP contribution in [-0.4, -0.2) is 18.5 Å². The van der Waals surface area contributed by atoms with Gasteiger partial charge in [-0.25, -0.2) is 4.79 Å². The number of thiophene rings is 1. The number of nitrogens with one attached hydrogen (secondary N) is 1. The summed E-state index contributed by atoms with van der Waals surface area (Å²) >= 11 is 1.38. The van der Waals surface area contributed by atoms with Crippen LogP contribution in [0.15, 0.2) is 60.0 Å². The summed E-state index contributed by atoms with van der Waals surface area (Å²) in [6.45, 7) is 2.54. The van der Waals surface area contributed by atoms with Crippen LogP contribution in [0.2, 0.25) is 0 Å². The molecule has 1 aromatic heterocycles. The number of nitriles is 1. The number of amides is 1. The number of hydrogen-bond donors (Lipinski definition) is 1. The standard InChI is InChI=1S/C22H18N2O4S/c1-2-27-19-12-16(13-23)7-10-18(19)28-22(26)17-8-5-15(6-9-17)14-24-21(25)20-4-3-11-29-20/h3-12H,2,14H2,1H3,(H,24,25). The molecule has 0 aliphatic heterocycles. The fraction of sp³-hybridized carbons (Fsp3) is 0.136. The molecule has 146 valence electrons. The Morgan fingerprint density at radius 2 is 1.90 bits per heavy atom. The summed E-state index contributed by atoms with van der Waals surface area (Å²) < 4.78 is 10.9. The van der Waals surface area contributed by atoms with E-state index in [-0.39, 0.29) is 11.7 Å². The Balaban J connectivity index is 1.63. The summed E-state index contributed by atoms with van der Waals surface area (Å²) in [6.07, 6.45) is 0. The molecular formula is C22H18N2O4S. The molecule has 0 saturated carbocycles. The van der Waals surface area contributed by atoms with Crippen molar-refractivity contribution >= 4 is 23.2 Å². The molecule has 0 atom stereocenters. The smallest absolute Gasteiger partial charge is 0.343 e. The first kappa shape index (κ1) is 20.1. The molecule has 1 heterocycles. The molecule has 1 amide bonds. The molecule has 7 heteroatoms. The Bertz CT molecular complexity index is 1040. The Kier molecular flexibility index (Phi) is 6.61. The van der Waals surface area contributed by atoms with Crippen molar-refractivity contribution in [1.82, 2.24) is 5.32 Å². The van der Waals surface area contributed by atoms with Crippen LogP contribution in [0.1, 0.15) is 38.1 Å². The highest BCUT2D eigenvalue weighted by Gasteiger charge is 2.14. The molecule has 3 rings (SSSR count). The second-order valence-corrected chi connectivity index (χ2v) is 6.90. The maximum Gasteiger partial charge on any atom is 0.343 e. The van der Waals surface area contributed by atoms with E-state index in [1.165, 1.54) is 23.5 Å². The Labute approximate surface area is 172 Å². The molecule has 0 fully saturated rings. The molecule has 0 aliphatic carbocycles. The van der Waals surface area contributed by atoms with Gasteiger partial charge in [-0.3, -0.25) is 4.79 Å². The predicted octanol–water partition coefficient (Wildman–Crippen LogP) is 4.17. The van der Waals surface area contributed by atoms with Gasteiger partial charge in [0, 0.05) is 12.6 Å². The zero-order valence-corrected chi connectivity index (χ0v) is 16.5. The number of carbonyl (C=O) groups excluding carboxylic acids is 2. The predicted molar refractivity (Wildman–Crippen MR) is 109 cm³/mol. The van der Waals surface area contributed by atoms with Crippen LogP contribution >= 0.6 is 11.3 Å². The highest BCUT2D eigenvalue weighted by molar-refractivity contribution is 7.12. The van der Waals surface area contributed by atoms with Gasteiger partial charge in [0.2, 0.25) is 0 Å². The van der Waals surface area contributed by atoms with Gasteiger partial charge in [-0.15, -0.1) is 11.3 Å². The first-order valence-electron chi connectivity index (χ1n) is 8.90. The number of rotatable bonds is 7. The van der Waals surface area contributed by atoms with E-state index >= 15 is 0 Å². The molecule has 6 nitrogen and oxygen atoms in total. The first-order chi connectivity index (χ1) is 14.1. The summed E-state index contributed by atoms with van der Waals surface area (Å²) in [5, 5.41) is 13.7. The maximum absolute atomic E-state index is 12.4. The number of ether oxygens (including phenoxy) is 2. The van der Waals surface area contributed by atoms with E-state index in [1.54, 1.807) is 43.3 Å². The van der Waals surface area contributed by atoms with Gasteiger partial charge in [0.1, 0.15) is 0 Å². The van der Waals surface area contributed by atoms with Crippen LogP contribution in [-0.2, 0) is 6.54 Å². The Morgan fingerprint density at radius 3 is 2.55 bits per heavy atom. The monoisotopic (exact) mass is 406 g/mol. The zero-order chi connectivity index (χ0) is 20.6. The number of carbonyl (C=O) groups is 2. The van der Waals surface area contributed by atoms with Crippen LogP contribution in [0.5, 0.6) is 11.5 Å². The van der Waals surface area contributed by atoms with Crippen molar-refractivity contribution < 1.29 is 19.1 Å². The quantitative estimate of drug-likeness (QED) is 0.470. The first-order valence-corrected chi connectivity index (χ1v) is 9.78. The molecule has 0 spiro atoms. The highest BCUT2D eigenvalue weighted by atomic mass is 32.1. The normalized spacial score (nSPS) is 10.1. The van der Waals surface area contributed by atoms with E-state index in [0.29, 0.717) is 34.9 Å². The Hall–Kier alpha value is -3.63. The number of hydrogen-bond acceptors (Lipinski definition) is 6. The fourth-order valence-corrected chi connectivity index (χ4v) is 3.17. The van der Waals surface area contributed by atoms with Crippen LogP contribution < -0.4 is 14.8 Å². The average molecular weight is 406 g/mol. The third-order valence-corrected chi connectivity index (χ3v) is 4.83. The molecule has 29 heavy (non-hydrogen) atoms. The average Bonchev–Trinajstić information content (AvgIpc) is 3.29. The molecular weight excluding hydrogens is 388 g/mol. The van der Waals surface area contributed by atoms with Crippen molar-refractivity contribution in [2.24, 2.45) is 0 Å². The summed E-state index contributed by atoms with van der Waals surface area (Å²) in [5.74, 6) is -0.0754. The molecule has 0 bridgehead atoms. The third-order valence-electron chi connectivity index (χ3n) is 3.96. The number of benzene rings is 2. The van der Waals surface area contributed by atoms with Crippen molar-refractivity contribution in [1.29, 1.82) is 5.26 Å².